The van der Waals surface area contributed by atoms with Crippen LogP contribution in [0.15, 0.2) is 59.1 Å². The number of nitrogens with zero attached hydrogens (tertiary/aromatic N) is 2. The van der Waals surface area contributed by atoms with Crippen LogP contribution < -0.4 is 4.90 Å². The standard InChI is InChI=1S/C23H29BrN2O/c24-20-8-4-9-22(16-20)25-14-11-21(12-15-25)26-13-5-10-23(26)18-27-17-19-6-2-1-3-7-19/h1-4,6-9,16,21,23H,5,10-15,17-18H2. The van der Waals surface area contributed by atoms with E-state index in [1.54, 1.807) is 0 Å². The highest BCUT2D eigenvalue weighted by Crippen LogP contribution is 2.29. The van der Waals surface area contributed by atoms with E-state index in [1.807, 2.05) is 0 Å². The number of likely N-dealkylation sites (tertiary alicyclic amines) is 1. The van der Waals surface area contributed by atoms with Crippen molar-refractivity contribution in [2.24, 2.45) is 0 Å². The molecule has 0 bridgehead atoms. The Morgan fingerprint density at radius 2 is 1.74 bits per heavy atom. The fourth-order valence-electron chi connectivity index (χ4n) is 4.53. The second-order valence-electron chi connectivity index (χ2n) is 7.73. The van der Waals surface area contributed by atoms with Gasteiger partial charge in [0.1, 0.15) is 0 Å². The van der Waals surface area contributed by atoms with Gasteiger partial charge in [-0.25, -0.2) is 0 Å². The van der Waals surface area contributed by atoms with Crippen LogP contribution in [0.2, 0.25) is 0 Å². The zero-order valence-corrected chi connectivity index (χ0v) is 17.5. The molecule has 4 rings (SSSR count). The molecule has 2 aliphatic rings. The van der Waals surface area contributed by atoms with E-state index in [2.05, 4.69) is 80.3 Å². The molecule has 144 valence electrons. The summed E-state index contributed by atoms with van der Waals surface area (Å²) < 4.78 is 7.24. The molecule has 0 radical (unpaired) electrons. The molecule has 0 amide bonds. The molecular formula is C23H29BrN2O. The lowest BCUT2D eigenvalue weighted by atomic mass is 10.0. The number of hydrogen-bond donors (Lipinski definition) is 0. The Hall–Kier alpha value is -1.36. The molecule has 0 aromatic heterocycles. The predicted octanol–water partition coefficient (Wildman–Crippen LogP) is 5.10. The highest BCUT2D eigenvalue weighted by molar-refractivity contribution is 9.10. The van der Waals surface area contributed by atoms with E-state index in [1.165, 1.54) is 43.5 Å². The van der Waals surface area contributed by atoms with E-state index in [0.717, 1.165) is 30.8 Å². The number of piperidine rings is 1. The Labute approximate surface area is 171 Å². The summed E-state index contributed by atoms with van der Waals surface area (Å²) in [5, 5.41) is 0. The topological polar surface area (TPSA) is 15.7 Å². The van der Waals surface area contributed by atoms with Crippen LogP contribution in [-0.4, -0.2) is 43.2 Å². The van der Waals surface area contributed by atoms with Crippen LogP contribution >= 0.6 is 15.9 Å². The van der Waals surface area contributed by atoms with Gasteiger partial charge in [0, 0.05) is 35.3 Å². The molecule has 2 aromatic carbocycles. The van der Waals surface area contributed by atoms with Gasteiger partial charge in [0.25, 0.3) is 0 Å². The molecular weight excluding hydrogens is 400 g/mol. The Morgan fingerprint density at radius 3 is 2.52 bits per heavy atom. The van der Waals surface area contributed by atoms with Crippen molar-refractivity contribution in [3.8, 4) is 0 Å². The Bertz CT molecular complexity index is 715. The molecule has 0 saturated carbocycles. The van der Waals surface area contributed by atoms with Gasteiger partial charge in [0.2, 0.25) is 0 Å². The lowest BCUT2D eigenvalue weighted by Crippen LogP contribution is -2.48. The summed E-state index contributed by atoms with van der Waals surface area (Å²) in [6.07, 6.45) is 5.09. The average Bonchev–Trinajstić information content (AvgIpc) is 3.17. The van der Waals surface area contributed by atoms with E-state index in [9.17, 15) is 0 Å². The van der Waals surface area contributed by atoms with Crippen LogP contribution in [0, 0.1) is 0 Å². The number of ether oxygens (including phenoxy) is 1. The smallest absolute Gasteiger partial charge is 0.0717 e. The second-order valence-corrected chi connectivity index (χ2v) is 8.65. The molecule has 2 heterocycles. The summed E-state index contributed by atoms with van der Waals surface area (Å²) in [6.45, 7) is 5.12. The van der Waals surface area contributed by atoms with E-state index in [4.69, 9.17) is 4.74 Å². The Balaban J connectivity index is 1.27. The minimum atomic E-state index is 0.594. The van der Waals surface area contributed by atoms with Crippen molar-refractivity contribution in [2.75, 3.05) is 31.1 Å². The van der Waals surface area contributed by atoms with Gasteiger partial charge in [-0.1, -0.05) is 52.3 Å². The molecule has 1 atom stereocenters. The van der Waals surface area contributed by atoms with Gasteiger partial charge in [0.15, 0.2) is 0 Å². The van der Waals surface area contributed by atoms with Gasteiger partial charge in [-0.05, 0) is 56.0 Å². The van der Waals surface area contributed by atoms with E-state index in [-0.39, 0.29) is 0 Å². The summed E-state index contributed by atoms with van der Waals surface area (Å²) in [6, 6.07) is 20.5. The number of anilines is 1. The van der Waals surface area contributed by atoms with Crippen LogP contribution in [0.5, 0.6) is 0 Å². The second kappa shape index (κ2) is 9.22. The SMILES string of the molecule is Brc1cccc(N2CCC(N3CCCC3COCc3ccccc3)CC2)c1. The maximum Gasteiger partial charge on any atom is 0.0717 e. The fraction of sp³-hybridized carbons (Fsp3) is 0.478. The number of benzene rings is 2. The molecule has 4 heteroatoms. The summed E-state index contributed by atoms with van der Waals surface area (Å²) in [7, 11) is 0. The first kappa shape index (κ1) is 19.0. The first-order valence-electron chi connectivity index (χ1n) is 10.2. The van der Waals surface area contributed by atoms with Gasteiger partial charge in [-0.2, -0.15) is 0 Å². The largest absolute Gasteiger partial charge is 0.375 e. The lowest BCUT2D eigenvalue weighted by Gasteiger charge is -2.40. The first-order chi connectivity index (χ1) is 13.3. The monoisotopic (exact) mass is 428 g/mol. The predicted molar refractivity (Wildman–Crippen MR) is 115 cm³/mol. The third-order valence-corrected chi connectivity index (χ3v) is 6.44. The van der Waals surface area contributed by atoms with Crippen molar-refractivity contribution in [1.82, 2.24) is 4.90 Å². The molecule has 3 nitrogen and oxygen atoms in total. The van der Waals surface area contributed by atoms with Gasteiger partial charge in [-0.3, -0.25) is 4.90 Å². The highest BCUT2D eigenvalue weighted by Gasteiger charge is 2.32. The molecule has 2 fully saturated rings. The summed E-state index contributed by atoms with van der Waals surface area (Å²) >= 11 is 3.59. The van der Waals surface area contributed by atoms with Crippen molar-refractivity contribution >= 4 is 21.6 Å². The van der Waals surface area contributed by atoms with Gasteiger partial charge < -0.3 is 9.64 Å². The molecule has 0 N–H and O–H groups in total. The van der Waals surface area contributed by atoms with Crippen LogP contribution in [0.25, 0.3) is 0 Å². The van der Waals surface area contributed by atoms with Crippen molar-refractivity contribution in [2.45, 2.75) is 44.4 Å². The first-order valence-corrected chi connectivity index (χ1v) is 11.0. The summed E-state index contributed by atoms with van der Waals surface area (Å²) in [5.74, 6) is 0. The van der Waals surface area contributed by atoms with Gasteiger partial charge in [-0.15, -0.1) is 0 Å². The summed E-state index contributed by atoms with van der Waals surface area (Å²) in [4.78, 5) is 5.27. The molecule has 1 unspecified atom stereocenters. The number of hydrogen-bond acceptors (Lipinski definition) is 3. The van der Waals surface area contributed by atoms with Crippen LogP contribution in [0.4, 0.5) is 5.69 Å². The van der Waals surface area contributed by atoms with Crippen molar-refractivity contribution in [3.63, 3.8) is 0 Å². The van der Waals surface area contributed by atoms with Crippen LogP contribution in [-0.2, 0) is 11.3 Å². The third kappa shape index (κ3) is 4.92. The van der Waals surface area contributed by atoms with E-state index in [0.29, 0.717) is 12.1 Å². The molecule has 0 aliphatic carbocycles. The Kier molecular flexibility index (Phi) is 6.48. The van der Waals surface area contributed by atoms with Gasteiger partial charge >= 0.3 is 0 Å². The zero-order chi connectivity index (χ0) is 18.5. The minimum absolute atomic E-state index is 0.594. The van der Waals surface area contributed by atoms with Crippen LogP contribution in [0.1, 0.15) is 31.2 Å². The molecule has 2 aromatic rings. The average molecular weight is 429 g/mol. The Morgan fingerprint density at radius 1 is 0.926 bits per heavy atom. The van der Waals surface area contributed by atoms with E-state index < -0.39 is 0 Å². The summed E-state index contributed by atoms with van der Waals surface area (Å²) in [5.41, 5.74) is 2.61. The quantitative estimate of drug-likeness (QED) is 0.636. The van der Waals surface area contributed by atoms with E-state index >= 15 is 0 Å². The fourth-order valence-corrected chi connectivity index (χ4v) is 4.92. The number of halogens is 1. The highest BCUT2D eigenvalue weighted by atomic mass is 79.9. The maximum atomic E-state index is 6.07. The van der Waals surface area contributed by atoms with Crippen molar-refractivity contribution < 1.29 is 4.74 Å². The van der Waals surface area contributed by atoms with Crippen molar-refractivity contribution in [1.29, 1.82) is 0 Å². The number of rotatable bonds is 6. The molecule has 2 saturated heterocycles. The van der Waals surface area contributed by atoms with Crippen molar-refractivity contribution in [3.05, 3.63) is 64.6 Å². The van der Waals surface area contributed by atoms with Crippen LogP contribution in [0.3, 0.4) is 0 Å². The minimum Gasteiger partial charge on any atom is -0.375 e. The lowest BCUT2D eigenvalue weighted by molar-refractivity contribution is 0.0456. The molecule has 2 aliphatic heterocycles. The third-order valence-electron chi connectivity index (χ3n) is 5.95. The normalized spacial score (nSPS) is 21.7. The maximum absolute atomic E-state index is 6.07. The van der Waals surface area contributed by atoms with Gasteiger partial charge in [0.05, 0.1) is 13.2 Å². The molecule has 0 spiro atoms. The molecule has 27 heavy (non-hydrogen) atoms. The zero-order valence-electron chi connectivity index (χ0n) is 15.9.